The van der Waals surface area contributed by atoms with Crippen LogP contribution in [0.3, 0.4) is 0 Å². The normalized spacial score (nSPS) is 20.7. The van der Waals surface area contributed by atoms with Crippen molar-refractivity contribution in [2.45, 2.75) is 32.4 Å². The quantitative estimate of drug-likeness (QED) is 0.782. The van der Waals surface area contributed by atoms with E-state index in [0.717, 1.165) is 13.1 Å². The predicted molar refractivity (Wildman–Crippen MR) is 63.9 cm³/mol. The van der Waals surface area contributed by atoms with E-state index in [1.807, 2.05) is 0 Å². The Kier molecular flexibility index (Phi) is 3.75. The van der Waals surface area contributed by atoms with Crippen molar-refractivity contribution in [3.63, 3.8) is 0 Å². The lowest BCUT2D eigenvalue weighted by Crippen LogP contribution is -2.33. The van der Waals surface area contributed by atoms with Gasteiger partial charge in [0.25, 0.3) is 0 Å². The number of aryl methyl sites for hydroxylation is 1. The van der Waals surface area contributed by atoms with E-state index < -0.39 is 0 Å². The summed E-state index contributed by atoms with van der Waals surface area (Å²) in [6.45, 7) is 5.39. The maximum absolute atomic E-state index is 3.50. The van der Waals surface area contributed by atoms with E-state index >= 15 is 0 Å². The van der Waals surface area contributed by atoms with Crippen LogP contribution in [-0.2, 0) is 6.54 Å². The van der Waals surface area contributed by atoms with E-state index in [1.54, 1.807) is 0 Å². The van der Waals surface area contributed by atoms with Crippen LogP contribution in [0, 0.1) is 6.92 Å². The molecule has 1 unspecified atom stereocenters. The summed E-state index contributed by atoms with van der Waals surface area (Å²) in [6.07, 6.45) is 2.65. The van der Waals surface area contributed by atoms with Gasteiger partial charge in [0.1, 0.15) is 0 Å². The molecular weight excluding hydrogens is 184 g/mol. The molecule has 1 aromatic carbocycles. The first-order valence-electron chi connectivity index (χ1n) is 5.84. The smallest absolute Gasteiger partial charge is 0.0206 e. The molecule has 1 aliphatic heterocycles. The molecule has 1 fully saturated rings. The molecule has 1 aliphatic rings. The topological polar surface area (TPSA) is 24.1 Å². The van der Waals surface area contributed by atoms with E-state index in [9.17, 15) is 0 Å². The summed E-state index contributed by atoms with van der Waals surface area (Å²) >= 11 is 0. The molecule has 15 heavy (non-hydrogen) atoms. The molecule has 2 N–H and O–H groups in total. The SMILES string of the molecule is Cc1ccc(CNCC2CCCN2)cc1. The fraction of sp³-hybridized carbons (Fsp3) is 0.538. The average Bonchev–Trinajstić information content (AvgIpc) is 2.74. The van der Waals surface area contributed by atoms with Gasteiger partial charge in [0, 0.05) is 19.1 Å². The predicted octanol–water partition coefficient (Wildman–Crippen LogP) is 1.84. The van der Waals surface area contributed by atoms with Crippen LogP contribution in [0.1, 0.15) is 24.0 Å². The van der Waals surface area contributed by atoms with Crippen molar-refractivity contribution in [3.05, 3.63) is 35.4 Å². The second kappa shape index (κ2) is 5.29. The van der Waals surface area contributed by atoms with E-state index in [-0.39, 0.29) is 0 Å². The third-order valence-corrected chi connectivity index (χ3v) is 3.00. The Morgan fingerprint density at radius 3 is 2.80 bits per heavy atom. The van der Waals surface area contributed by atoms with E-state index in [1.165, 1.54) is 30.5 Å². The van der Waals surface area contributed by atoms with Crippen molar-refractivity contribution in [1.29, 1.82) is 0 Å². The van der Waals surface area contributed by atoms with Crippen molar-refractivity contribution in [1.82, 2.24) is 10.6 Å². The zero-order valence-electron chi connectivity index (χ0n) is 9.42. The fourth-order valence-corrected chi connectivity index (χ4v) is 2.03. The molecule has 1 atom stereocenters. The molecule has 82 valence electrons. The Labute approximate surface area is 92.1 Å². The highest BCUT2D eigenvalue weighted by molar-refractivity contribution is 5.21. The largest absolute Gasteiger partial charge is 0.313 e. The Balaban J connectivity index is 1.71. The minimum absolute atomic E-state index is 0.690. The summed E-state index contributed by atoms with van der Waals surface area (Å²) in [6, 6.07) is 9.43. The number of hydrogen-bond acceptors (Lipinski definition) is 2. The zero-order chi connectivity index (χ0) is 10.5. The summed E-state index contributed by atoms with van der Waals surface area (Å²) < 4.78 is 0. The van der Waals surface area contributed by atoms with Gasteiger partial charge in [0.15, 0.2) is 0 Å². The van der Waals surface area contributed by atoms with Crippen LogP contribution in [0.15, 0.2) is 24.3 Å². The van der Waals surface area contributed by atoms with Gasteiger partial charge in [-0.3, -0.25) is 0 Å². The van der Waals surface area contributed by atoms with Crippen LogP contribution >= 0.6 is 0 Å². The molecule has 0 aromatic heterocycles. The second-order valence-electron chi connectivity index (χ2n) is 4.41. The first-order valence-corrected chi connectivity index (χ1v) is 5.84. The highest BCUT2D eigenvalue weighted by atomic mass is 15.0. The van der Waals surface area contributed by atoms with Crippen molar-refractivity contribution in [2.24, 2.45) is 0 Å². The molecule has 1 aromatic rings. The van der Waals surface area contributed by atoms with Gasteiger partial charge in [0.2, 0.25) is 0 Å². The van der Waals surface area contributed by atoms with E-state index in [2.05, 4.69) is 41.8 Å². The molecular formula is C13H20N2. The molecule has 2 rings (SSSR count). The lowest BCUT2D eigenvalue weighted by molar-refractivity contribution is 0.536. The summed E-state index contributed by atoms with van der Waals surface area (Å²) in [7, 11) is 0. The van der Waals surface area contributed by atoms with E-state index in [0.29, 0.717) is 6.04 Å². The third kappa shape index (κ3) is 3.33. The minimum atomic E-state index is 0.690. The van der Waals surface area contributed by atoms with Crippen molar-refractivity contribution in [2.75, 3.05) is 13.1 Å². The summed E-state index contributed by atoms with van der Waals surface area (Å²) in [5, 5.41) is 6.99. The summed E-state index contributed by atoms with van der Waals surface area (Å²) in [5.41, 5.74) is 2.70. The van der Waals surface area contributed by atoms with Crippen LogP contribution in [0.25, 0.3) is 0 Å². The lowest BCUT2D eigenvalue weighted by atomic mass is 10.1. The maximum Gasteiger partial charge on any atom is 0.0206 e. The molecule has 0 amide bonds. The highest BCUT2D eigenvalue weighted by Gasteiger charge is 2.12. The molecule has 2 nitrogen and oxygen atoms in total. The van der Waals surface area contributed by atoms with Crippen LogP contribution < -0.4 is 10.6 Å². The Bertz CT molecular complexity index is 286. The number of nitrogens with one attached hydrogen (secondary N) is 2. The molecule has 0 spiro atoms. The minimum Gasteiger partial charge on any atom is -0.313 e. The number of benzene rings is 1. The van der Waals surface area contributed by atoms with Crippen LogP contribution in [-0.4, -0.2) is 19.1 Å². The zero-order valence-corrected chi connectivity index (χ0v) is 9.42. The third-order valence-electron chi connectivity index (χ3n) is 3.00. The van der Waals surface area contributed by atoms with Gasteiger partial charge in [-0.1, -0.05) is 29.8 Å². The Hall–Kier alpha value is -0.860. The van der Waals surface area contributed by atoms with E-state index in [4.69, 9.17) is 0 Å². The standard InChI is InChI=1S/C13H20N2/c1-11-4-6-12(7-5-11)9-14-10-13-3-2-8-15-13/h4-7,13-15H,2-3,8-10H2,1H3. The summed E-state index contributed by atoms with van der Waals surface area (Å²) in [4.78, 5) is 0. The first-order chi connectivity index (χ1) is 7.34. The number of hydrogen-bond donors (Lipinski definition) is 2. The van der Waals surface area contributed by atoms with Crippen LogP contribution in [0.5, 0.6) is 0 Å². The second-order valence-corrected chi connectivity index (χ2v) is 4.41. The van der Waals surface area contributed by atoms with Crippen molar-refractivity contribution >= 4 is 0 Å². The number of rotatable bonds is 4. The maximum atomic E-state index is 3.50. The Morgan fingerprint density at radius 2 is 2.13 bits per heavy atom. The van der Waals surface area contributed by atoms with Gasteiger partial charge in [-0.25, -0.2) is 0 Å². The molecule has 1 heterocycles. The molecule has 2 heteroatoms. The lowest BCUT2D eigenvalue weighted by Gasteiger charge is -2.11. The van der Waals surface area contributed by atoms with Crippen molar-refractivity contribution < 1.29 is 0 Å². The van der Waals surface area contributed by atoms with Gasteiger partial charge in [-0.2, -0.15) is 0 Å². The molecule has 0 bridgehead atoms. The molecule has 0 saturated carbocycles. The van der Waals surface area contributed by atoms with Gasteiger partial charge < -0.3 is 10.6 Å². The van der Waals surface area contributed by atoms with Crippen LogP contribution in [0.2, 0.25) is 0 Å². The van der Waals surface area contributed by atoms with Gasteiger partial charge in [-0.15, -0.1) is 0 Å². The van der Waals surface area contributed by atoms with Gasteiger partial charge in [0.05, 0.1) is 0 Å². The van der Waals surface area contributed by atoms with Gasteiger partial charge >= 0.3 is 0 Å². The average molecular weight is 204 g/mol. The molecule has 0 aliphatic carbocycles. The fourth-order valence-electron chi connectivity index (χ4n) is 2.03. The first kappa shape index (κ1) is 10.7. The molecule has 0 radical (unpaired) electrons. The monoisotopic (exact) mass is 204 g/mol. The molecule has 1 saturated heterocycles. The Morgan fingerprint density at radius 1 is 1.33 bits per heavy atom. The van der Waals surface area contributed by atoms with Crippen molar-refractivity contribution in [3.8, 4) is 0 Å². The van der Waals surface area contributed by atoms with Crippen LogP contribution in [0.4, 0.5) is 0 Å². The van der Waals surface area contributed by atoms with Gasteiger partial charge in [-0.05, 0) is 31.9 Å². The highest BCUT2D eigenvalue weighted by Crippen LogP contribution is 2.05. The summed E-state index contributed by atoms with van der Waals surface area (Å²) in [5.74, 6) is 0.